The van der Waals surface area contributed by atoms with Gasteiger partial charge < -0.3 is 9.47 Å². The minimum atomic E-state index is -3.53. The van der Waals surface area contributed by atoms with E-state index >= 15 is 8.78 Å². The average Bonchev–Trinajstić information content (AvgIpc) is 3.51. The predicted molar refractivity (Wildman–Crippen MR) is 98.1 cm³/mol. The van der Waals surface area contributed by atoms with E-state index < -0.39 is 23.0 Å². The summed E-state index contributed by atoms with van der Waals surface area (Å²) in [5, 5.41) is 8.80. The first-order valence-electron chi connectivity index (χ1n) is 8.79. The summed E-state index contributed by atoms with van der Waals surface area (Å²) in [6.07, 6.45) is 1.17. The van der Waals surface area contributed by atoms with Crippen molar-refractivity contribution in [2.75, 3.05) is 6.61 Å². The highest BCUT2D eigenvalue weighted by Gasteiger charge is 2.68. The predicted octanol–water partition coefficient (Wildman–Crippen LogP) is 5.21. The van der Waals surface area contributed by atoms with Crippen molar-refractivity contribution in [2.24, 2.45) is 0 Å². The van der Waals surface area contributed by atoms with Crippen molar-refractivity contribution in [3.8, 4) is 17.6 Å². The van der Waals surface area contributed by atoms with Crippen LogP contribution in [0.1, 0.15) is 22.4 Å². The summed E-state index contributed by atoms with van der Waals surface area (Å²) >= 11 is 0. The van der Waals surface area contributed by atoms with Gasteiger partial charge in [-0.3, -0.25) is 4.98 Å². The van der Waals surface area contributed by atoms with Crippen LogP contribution in [0.25, 0.3) is 0 Å². The highest BCUT2D eigenvalue weighted by atomic mass is 19.3. The molecule has 1 atom stereocenters. The lowest BCUT2D eigenvalue weighted by Crippen LogP contribution is -2.34. The normalized spacial score (nSPS) is 18.2. The molecule has 0 amide bonds. The second-order valence-corrected chi connectivity index (χ2v) is 6.79. The molecule has 1 saturated heterocycles. The first-order valence-corrected chi connectivity index (χ1v) is 8.79. The molecule has 0 saturated carbocycles. The molecular formula is C22H15F3N2O2. The summed E-state index contributed by atoms with van der Waals surface area (Å²) in [6, 6.07) is 14.9. The van der Waals surface area contributed by atoms with Crippen LogP contribution in [-0.2, 0) is 16.3 Å². The Morgan fingerprint density at radius 2 is 1.79 bits per heavy atom. The number of nitrogens with zero attached hydrogens (tertiary/aromatic N) is 2. The SMILES string of the molecule is Cc1ccc(C2(C(F)(F)c3ccc(Oc4ccc(C#N)cc4)cn3)CO2)c(F)c1. The Morgan fingerprint density at radius 3 is 2.34 bits per heavy atom. The van der Waals surface area contributed by atoms with Crippen LogP contribution in [0.2, 0.25) is 0 Å². The first kappa shape index (κ1) is 19.0. The fourth-order valence-corrected chi connectivity index (χ4v) is 3.09. The third-order valence-corrected chi connectivity index (χ3v) is 4.78. The van der Waals surface area contributed by atoms with Gasteiger partial charge in [-0.1, -0.05) is 12.1 Å². The van der Waals surface area contributed by atoms with Crippen molar-refractivity contribution < 1.29 is 22.6 Å². The number of benzene rings is 2. The van der Waals surface area contributed by atoms with Crippen LogP contribution >= 0.6 is 0 Å². The molecule has 7 heteroatoms. The van der Waals surface area contributed by atoms with Crippen molar-refractivity contribution >= 4 is 0 Å². The highest BCUT2D eigenvalue weighted by molar-refractivity contribution is 5.39. The number of aromatic nitrogens is 1. The number of pyridine rings is 1. The minimum absolute atomic E-state index is 0.187. The Morgan fingerprint density at radius 1 is 1.10 bits per heavy atom. The van der Waals surface area contributed by atoms with Crippen LogP contribution < -0.4 is 4.74 Å². The summed E-state index contributed by atoms with van der Waals surface area (Å²) in [4.78, 5) is 3.83. The number of hydrogen-bond donors (Lipinski definition) is 0. The molecule has 0 radical (unpaired) electrons. The Bertz CT molecular complexity index is 1090. The van der Waals surface area contributed by atoms with Gasteiger partial charge in [0.25, 0.3) is 0 Å². The van der Waals surface area contributed by atoms with Crippen LogP contribution in [0.15, 0.2) is 60.8 Å². The second kappa shape index (κ2) is 6.90. The van der Waals surface area contributed by atoms with E-state index in [1.807, 2.05) is 6.07 Å². The molecule has 1 aliphatic heterocycles. The highest BCUT2D eigenvalue weighted by Crippen LogP contribution is 2.56. The molecule has 4 rings (SSSR count). The lowest BCUT2D eigenvalue weighted by Gasteiger charge is -2.24. The number of nitriles is 1. The number of rotatable bonds is 5. The lowest BCUT2D eigenvalue weighted by atomic mass is 9.89. The fourth-order valence-electron chi connectivity index (χ4n) is 3.09. The number of hydrogen-bond acceptors (Lipinski definition) is 4. The average molecular weight is 396 g/mol. The van der Waals surface area contributed by atoms with Gasteiger partial charge in [0.15, 0.2) is 5.60 Å². The van der Waals surface area contributed by atoms with Crippen LogP contribution in [0.4, 0.5) is 13.2 Å². The number of alkyl halides is 2. The smallest absolute Gasteiger partial charge is 0.324 e. The van der Waals surface area contributed by atoms with Gasteiger partial charge in [-0.05, 0) is 55.0 Å². The summed E-state index contributed by atoms with van der Waals surface area (Å²) in [5.74, 6) is -3.57. The molecule has 2 aromatic carbocycles. The molecule has 2 heterocycles. The first-order chi connectivity index (χ1) is 13.9. The summed E-state index contributed by atoms with van der Waals surface area (Å²) in [5.41, 5.74) is -1.68. The molecule has 0 N–H and O–H groups in total. The van der Waals surface area contributed by atoms with Gasteiger partial charge in [0.2, 0.25) is 0 Å². The van der Waals surface area contributed by atoms with Crippen LogP contribution in [0, 0.1) is 24.1 Å². The van der Waals surface area contributed by atoms with E-state index in [1.165, 1.54) is 24.4 Å². The standard InChI is InChI=1S/C22H15F3N2O2/c1-14-2-8-18(19(23)10-14)21(13-28-21)22(24,25)20-9-7-17(12-27-20)29-16-5-3-15(11-26)4-6-16/h2-10,12H,13H2,1H3. The zero-order chi connectivity index (χ0) is 20.6. The van der Waals surface area contributed by atoms with Gasteiger partial charge in [-0.15, -0.1) is 0 Å². The van der Waals surface area contributed by atoms with Gasteiger partial charge >= 0.3 is 5.92 Å². The molecule has 0 spiro atoms. The van der Waals surface area contributed by atoms with E-state index in [0.717, 1.165) is 6.07 Å². The van der Waals surface area contributed by atoms with Gasteiger partial charge in [-0.2, -0.15) is 14.0 Å². The fraction of sp³-hybridized carbons (Fsp3) is 0.182. The monoisotopic (exact) mass is 396 g/mol. The van der Waals surface area contributed by atoms with Crippen LogP contribution in [0.5, 0.6) is 11.5 Å². The Balaban J connectivity index is 1.58. The molecule has 4 nitrogen and oxygen atoms in total. The van der Waals surface area contributed by atoms with E-state index in [-0.39, 0.29) is 17.9 Å². The molecule has 1 unspecified atom stereocenters. The van der Waals surface area contributed by atoms with E-state index in [9.17, 15) is 4.39 Å². The van der Waals surface area contributed by atoms with Crippen molar-refractivity contribution in [1.29, 1.82) is 5.26 Å². The summed E-state index contributed by atoms with van der Waals surface area (Å²) < 4.78 is 55.3. The zero-order valence-electron chi connectivity index (χ0n) is 15.3. The third kappa shape index (κ3) is 3.32. The van der Waals surface area contributed by atoms with E-state index in [1.54, 1.807) is 37.3 Å². The van der Waals surface area contributed by atoms with Crippen molar-refractivity contribution in [3.63, 3.8) is 0 Å². The summed E-state index contributed by atoms with van der Waals surface area (Å²) in [6.45, 7) is 1.38. The quantitative estimate of drug-likeness (QED) is 0.556. The van der Waals surface area contributed by atoms with Gasteiger partial charge in [0.05, 0.1) is 24.4 Å². The molecule has 29 heavy (non-hydrogen) atoms. The maximum Gasteiger partial charge on any atom is 0.324 e. The van der Waals surface area contributed by atoms with Crippen molar-refractivity contribution in [3.05, 3.63) is 89.0 Å². The summed E-state index contributed by atoms with van der Waals surface area (Å²) in [7, 11) is 0. The Kier molecular flexibility index (Phi) is 4.52. The molecule has 0 bridgehead atoms. The van der Waals surface area contributed by atoms with Gasteiger partial charge in [0, 0.05) is 5.56 Å². The maximum atomic E-state index is 15.2. The second-order valence-electron chi connectivity index (χ2n) is 6.79. The third-order valence-electron chi connectivity index (χ3n) is 4.78. The Labute approximate surface area is 165 Å². The molecular weight excluding hydrogens is 381 g/mol. The maximum absolute atomic E-state index is 15.2. The topological polar surface area (TPSA) is 58.4 Å². The number of aryl methyl sites for hydroxylation is 1. The van der Waals surface area contributed by atoms with E-state index in [4.69, 9.17) is 14.7 Å². The number of epoxide rings is 1. The molecule has 1 aliphatic rings. The largest absolute Gasteiger partial charge is 0.456 e. The van der Waals surface area contributed by atoms with Gasteiger partial charge in [-0.25, -0.2) is 4.39 Å². The molecule has 146 valence electrons. The number of halogens is 3. The number of ether oxygens (including phenoxy) is 2. The zero-order valence-corrected chi connectivity index (χ0v) is 15.3. The molecule has 3 aromatic rings. The van der Waals surface area contributed by atoms with Crippen LogP contribution in [-0.4, -0.2) is 11.6 Å². The molecule has 1 aromatic heterocycles. The molecule has 1 fully saturated rings. The van der Waals surface area contributed by atoms with E-state index in [0.29, 0.717) is 16.9 Å². The lowest BCUT2D eigenvalue weighted by molar-refractivity contribution is -0.0901. The van der Waals surface area contributed by atoms with E-state index in [2.05, 4.69) is 4.98 Å². The van der Waals surface area contributed by atoms with Crippen molar-refractivity contribution in [2.45, 2.75) is 18.4 Å². The Hall–Kier alpha value is -3.37. The van der Waals surface area contributed by atoms with Gasteiger partial charge in [0.1, 0.15) is 23.0 Å². The van der Waals surface area contributed by atoms with Crippen molar-refractivity contribution in [1.82, 2.24) is 4.98 Å². The van der Waals surface area contributed by atoms with Crippen LogP contribution in [0.3, 0.4) is 0 Å². The minimum Gasteiger partial charge on any atom is -0.456 e. The molecule has 0 aliphatic carbocycles.